The highest BCUT2D eigenvalue weighted by atomic mass is 16.5. The molecule has 8 nitrogen and oxygen atoms in total. The van der Waals surface area contributed by atoms with Crippen molar-refractivity contribution in [1.82, 2.24) is 23.7 Å². The quantitative estimate of drug-likeness (QED) is 0.466. The molecule has 4 heterocycles. The van der Waals surface area contributed by atoms with Gasteiger partial charge < -0.3 is 4.74 Å². The van der Waals surface area contributed by atoms with E-state index in [9.17, 15) is 9.59 Å². The molecular weight excluding hydrogens is 382 g/mol. The second kappa shape index (κ2) is 8.56. The maximum absolute atomic E-state index is 12.4. The molecule has 0 aliphatic rings. The van der Waals surface area contributed by atoms with Crippen molar-refractivity contribution >= 4 is 11.3 Å². The van der Waals surface area contributed by atoms with Gasteiger partial charge in [0.15, 0.2) is 0 Å². The normalized spacial score (nSPS) is 12.6. The van der Waals surface area contributed by atoms with Gasteiger partial charge in [0.05, 0.1) is 18.0 Å². The predicted molar refractivity (Wildman–Crippen MR) is 114 cm³/mol. The maximum atomic E-state index is 12.4. The molecule has 154 valence electrons. The summed E-state index contributed by atoms with van der Waals surface area (Å²) >= 11 is 0. The summed E-state index contributed by atoms with van der Waals surface area (Å²) in [7, 11) is 1.65. The zero-order valence-corrected chi connectivity index (χ0v) is 16.9. The monoisotopic (exact) mass is 405 g/mol. The summed E-state index contributed by atoms with van der Waals surface area (Å²) in [5, 5.41) is 0. The van der Waals surface area contributed by atoms with Crippen LogP contribution >= 0.6 is 0 Å². The van der Waals surface area contributed by atoms with Gasteiger partial charge >= 0.3 is 0 Å². The lowest BCUT2D eigenvalue weighted by Crippen LogP contribution is -2.36. The van der Waals surface area contributed by atoms with E-state index in [4.69, 9.17) is 4.74 Å². The van der Waals surface area contributed by atoms with E-state index in [1.165, 1.54) is 8.80 Å². The molecule has 0 spiro atoms. The van der Waals surface area contributed by atoms with Gasteiger partial charge in [-0.15, -0.1) is 0 Å². The summed E-state index contributed by atoms with van der Waals surface area (Å²) < 4.78 is 8.36. The number of methoxy groups -OCH3 is 1. The Bertz CT molecular complexity index is 1200. The first kappa shape index (κ1) is 19.9. The average Bonchev–Trinajstić information content (AvgIpc) is 2.73. The highest BCUT2D eigenvalue weighted by molar-refractivity contribution is 5.39. The van der Waals surface area contributed by atoms with Crippen LogP contribution in [0, 0.1) is 0 Å². The fourth-order valence-electron chi connectivity index (χ4n) is 3.50. The van der Waals surface area contributed by atoms with Gasteiger partial charge in [-0.05, 0) is 31.2 Å². The fraction of sp³-hybridized carbons (Fsp3) is 0.273. The first-order chi connectivity index (χ1) is 14.5. The van der Waals surface area contributed by atoms with Crippen molar-refractivity contribution in [2.24, 2.45) is 0 Å². The van der Waals surface area contributed by atoms with E-state index >= 15 is 0 Å². The van der Waals surface area contributed by atoms with Crippen molar-refractivity contribution in [1.29, 1.82) is 0 Å². The molecule has 0 aliphatic carbocycles. The number of hydrogen-bond acceptors (Lipinski definition) is 6. The number of ether oxygens (including phenoxy) is 1. The maximum Gasteiger partial charge on any atom is 0.258 e. The number of hydrogen-bond donors (Lipinski definition) is 0. The van der Waals surface area contributed by atoms with Crippen LogP contribution in [0.15, 0.2) is 70.5 Å². The van der Waals surface area contributed by atoms with E-state index in [1.54, 1.807) is 55.9 Å². The number of fused-ring (bicyclic) bond motifs is 2. The summed E-state index contributed by atoms with van der Waals surface area (Å²) in [5.74, 6) is 0. The van der Waals surface area contributed by atoms with E-state index in [0.717, 1.165) is 0 Å². The van der Waals surface area contributed by atoms with Crippen LogP contribution in [0.3, 0.4) is 0 Å². The Hall–Kier alpha value is -3.36. The van der Waals surface area contributed by atoms with Crippen molar-refractivity contribution in [3.05, 3.63) is 93.0 Å². The van der Waals surface area contributed by atoms with Gasteiger partial charge in [0.25, 0.3) is 11.1 Å². The van der Waals surface area contributed by atoms with Crippen LogP contribution in [-0.4, -0.2) is 43.4 Å². The summed E-state index contributed by atoms with van der Waals surface area (Å²) in [6.45, 7) is 3.40. The summed E-state index contributed by atoms with van der Waals surface area (Å²) in [4.78, 5) is 36.2. The molecule has 8 heteroatoms. The van der Waals surface area contributed by atoms with Crippen molar-refractivity contribution in [2.75, 3.05) is 13.7 Å². The third-order valence-electron chi connectivity index (χ3n) is 5.01. The molecule has 30 heavy (non-hydrogen) atoms. The van der Waals surface area contributed by atoms with Crippen LogP contribution in [0.25, 0.3) is 11.3 Å². The molecular formula is C22H23N5O3. The molecule has 4 rings (SSSR count). The number of aromatic nitrogens is 4. The summed E-state index contributed by atoms with van der Waals surface area (Å²) in [6, 6.07) is 14.0. The number of nitrogens with zero attached hydrogens (tertiary/aromatic N) is 5. The zero-order valence-electron chi connectivity index (χ0n) is 16.9. The van der Waals surface area contributed by atoms with Crippen LogP contribution in [0.1, 0.15) is 18.3 Å². The second-order valence-electron chi connectivity index (χ2n) is 7.24. The molecule has 0 radical (unpaired) electrons. The van der Waals surface area contributed by atoms with Crippen LogP contribution in [0.4, 0.5) is 0 Å². The van der Waals surface area contributed by atoms with Crippen molar-refractivity contribution < 1.29 is 4.74 Å². The van der Waals surface area contributed by atoms with Crippen molar-refractivity contribution in [2.45, 2.75) is 26.1 Å². The Morgan fingerprint density at radius 1 is 0.900 bits per heavy atom. The molecule has 0 N–H and O–H groups in total. The SMILES string of the molecule is COC[C@@H](C)N(Cc1cc(=O)n2ccccc2n1)Cc1cc(=O)n2ccccc2n1. The summed E-state index contributed by atoms with van der Waals surface area (Å²) in [6.07, 6.45) is 3.40. The molecule has 0 amide bonds. The smallest absolute Gasteiger partial charge is 0.258 e. The highest BCUT2D eigenvalue weighted by Gasteiger charge is 2.18. The Morgan fingerprint density at radius 2 is 1.40 bits per heavy atom. The first-order valence-electron chi connectivity index (χ1n) is 9.73. The highest BCUT2D eigenvalue weighted by Crippen LogP contribution is 2.12. The summed E-state index contributed by atoms with van der Waals surface area (Å²) in [5.41, 5.74) is 2.26. The molecule has 0 aliphatic heterocycles. The zero-order chi connectivity index (χ0) is 21.1. The van der Waals surface area contributed by atoms with Crippen LogP contribution < -0.4 is 11.1 Å². The number of rotatable bonds is 7. The molecule has 0 aromatic carbocycles. The Kier molecular flexibility index (Phi) is 5.69. The third kappa shape index (κ3) is 4.14. The van der Waals surface area contributed by atoms with E-state index in [-0.39, 0.29) is 17.2 Å². The lowest BCUT2D eigenvalue weighted by atomic mass is 10.2. The topological polar surface area (TPSA) is 81.2 Å². The first-order valence-corrected chi connectivity index (χ1v) is 9.73. The lowest BCUT2D eigenvalue weighted by Gasteiger charge is -2.28. The lowest BCUT2D eigenvalue weighted by molar-refractivity contribution is 0.0878. The van der Waals surface area contributed by atoms with E-state index in [2.05, 4.69) is 14.9 Å². The standard InChI is InChI=1S/C22H23N5O3/c1-16(15-30-2)25(13-17-11-21(28)26-9-5-3-7-19(26)23-17)14-18-12-22(29)27-10-6-4-8-20(27)24-18/h3-12,16H,13-15H2,1-2H3/t16-/m1/s1. The van der Waals surface area contributed by atoms with Gasteiger partial charge in [0.1, 0.15) is 11.3 Å². The molecule has 0 unspecified atom stereocenters. The van der Waals surface area contributed by atoms with Crippen LogP contribution in [0.2, 0.25) is 0 Å². The second-order valence-corrected chi connectivity index (χ2v) is 7.24. The van der Waals surface area contributed by atoms with E-state index < -0.39 is 0 Å². The Morgan fingerprint density at radius 3 is 1.87 bits per heavy atom. The predicted octanol–water partition coefficient (Wildman–Crippen LogP) is 1.74. The molecule has 0 saturated carbocycles. The molecule has 0 bridgehead atoms. The minimum atomic E-state index is -0.128. The van der Waals surface area contributed by atoms with Gasteiger partial charge in [-0.2, -0.15) is 0 Å². The van der Waals surface area contributed by atoms with Gasteiger partial charge in [-0.1, -0.05) is 12.1 Å². The Balaban J connectivity index is 1.67. The van der Waals surface area contributed by atoms with Gasteiger partial charge in [0.2, 0.25) is 0 Å². The minimum absolute atomic E-state index is 0.0297. The van der Waals surface area contributed by atoms with Crippen molar-refractivity contribution in [3.8, 4) is 0 Å². The van der Waals surface area contributed by atoms with E-state index in [1.807, 2.05) is 19.1 Å². The average molecular weight is 405 g/mol. The Labute approximate surface area is 173 Å². The minimum Gasteiger partial charge on any atom is -0.383 e. The molecule has 0 fully saturated rings. The largest absolute Gasteiger partial charge is 0.383 e. The van der Waals surface area contributed by atoms with Gasteiger partial charge in [-0.3, -0.25) is 23.3 Å². The fourth-order valence-corrected chi connectivity index (χ4v) is 3.50. The molecule has 0 saturated heterocycles. The van der Waals surface area contributed by atoms with Gasteiger partial charge in [-0.25, -0.2) is 9.97 Å². The third-order valence-corrected chi connectivity index (χ3v) is 5.01. The van der Waals surface area contributed by atoms with Crippen molar-refractivity contribution in [3.63, 3.8) is 0 Å². The van der Waals surface area contributed by atoms with Gasteiger partial charge in [0, 0.05) is 50.8 Å². The number of pyridine rings is 2. The van der Waals surface area contributed by atoms with Crippen LogP contribution in [0.5, 0.6) is 0 Å². The molecule has 4 aromatic rings. The molecule has 1 atom stereocenters. The van der Waals surface area contributed by atoms with E-state index in [0.29, 0.717) is 42.4 Å². The van der Waals surface area contributed by atoms with Crippen LogP contribution in [-0.2, 0) is 17.8 Å². The molecule has 4 aromatic heterocycles.